The molecule has 19 heavy (non-hydrogen) atoms. The average molecular weight is 318 g/mol. The molecular weight excluding hydrogens is 309 g/mol. The molecule has 0 aliphatic rings. The predicted molar refractivity (Wildman–Crippen MR) is 77.0 cm³/mol. The van der Waals surface area contributed by atoms with Crippen LogP contribution in [0.2, 0.25) is 0 Å². The van der Waals surface area contributed by atoms with Gasteiger partial charge in [0, 0.05) is 9.86 Å². The van der Waals surface area contributed by atoms with Crippen LogP contribution in [0, 0.1) is 5.82 Å². The fourth-order valence-electron chi connectivity index (χ4n) is 1.89. The molecule has 0 aliphatic carbocycles. The quantitative estimate of drug-likeness (QED) is 0.743. The van der Waals surface area contributed by atoms with Crippen molar-refractivity contribution in [3.8, 4) is 11.4 Å². The molecule has 0 atom stereocenters. The van der Waals surface area contributed by atoms with Gasteiger partial charge in [0.05, 0.1) is 11.1 Å². The number of fused-ring (bicyclic) bond motifs is 1. The van der Waals surface area contributed by atoms with Crippen molar-refractivity contribution in [3.05, 3.63) is 52.8 Å². The molecule has 2 aromatic carbocycles. The van der Waals surface area contributed by atoms with Gasteiger partial charge in [-0.05, 0) is 30.3 Å². The minimum atomic E-state index is -0.363. The molecule has 3 aromatic rings. The summed E-state index contributed by atoms with van der Waals surface area (Å²) in [5.74, 6) is 0.272. The molecule has 94 valence electrons. The van der Waals surface area contributed by atoms with Crippen LogP contribution in [0.1, 0.15) is 0 Å². The van der Waals surface area contributed by atoms with Crippen molar-refractivity contribution in [2.45, 2.75) is 0 Å². The molecule has 0 fully saturated rings. The summed E-state index contributed by atoms with van der Waals surface area (Å²) >= 11 is 3.37. The van der Waals surface area contributed by atoms with Gasteiger partial charge in [-0.25, -0.2) is 14.4 Å². The number of hydrogen-bond donors (Lipinski definition) is 1. The molecule has 0 saturated carbocycles. The number of rotatable bonds is 1. The molecule has 1 aromatic heterocycles. The van der Waals surface area contributed by atoms with E-state index in [9.17, 15) is 4.39 Å². The van der Waals surface area contributed by atoms with Crippen LogP contribution in [0.4, 0.5) is 10.2 Å². The molecule has 1 heterocycles. The van der Waals surface area contributed by atoms with E-state index in [-0.39, 0.29) is 5.82 Å². The van der Waals surface area contributed by atoms with E-state index in [1.165, 1.54) is 6.07 Å². The van der Waals surface area contributed by atoms with E-state index in [2.05, 4.69) is 25.9 Å². The van der Waals surface area contributed by atoms with Crippen molar-refractivity contribution in [3.63, 3.8) is 0 Å². The van der Waals surface area contributed by atoms with E-state index in [0.717, 1.165) is 9.86 Å². The second kappa shape index (κ2) is 4.59. The first-order valence-corrected chi connectivity index (χ1v) is 6.42. The predicted octanol–water partition coefficient (Wildman–Crippen LogP) is 3.78. The van der Waals surface area contributed by atoms with Crippen molar-refractivity contribution in [2.75, 3.05) is 5.73 Å². The van der Waals surface area contributed by atoms with Crippen molar-refractivity contribution in [1.82, 2.24) is 9.97 Å². The fourth-order valence-corrected chi connectivity index (χ4v) is 2.25. The van der Waals surface area contributed by atoms with E-state index < -0.39 is 0 Å². The Kier molecular flexibility index (Phi) is 2.91. The van der Waals surface area contributed by atoms with E-state index >= 15 is 0 Å². The lowest BCUT2D eigenvalue weighted by Gasteiger charge is -2.06. The Morgan fingerprint density at radius 3 is 2.63 bits per heavy atom. The number of hydrogen-bond acceptors (Lipinski definition) is 3. The second-order valence-electron chi connectivity index (χ2n) is 4.07. The number of nitrogens with zero attached hydrogens (tertiary/aromatic N) is 2. The zero-order valence-electron chi connectivity index (χ0n) is 9.77. The topological polar surface area (TPSA) is 51.8 Å². The van der Waals surface area contributed by atoms with Crippen LogP contribution < -0.4 is 5.73 Å². The van der Waals surface area contributed by atoms with Crippen molar-refractivity contribution in [1.29, 1.82) is 0 Å². The molecule has 0 amide bonds. The van der Waals surface area contributed by atoms with Crippen LogP contribution in [0.3, 0.4) is 0 Å². The Bertz CT molecular complexity index is 774. The third-order valence-electron chi connectivity index (χ3n) is 2.80. The highest BCUT2D eigenvalue weighted by molar-refractivity contribution is 9.10. The molecule has 0 aliphatic heterocycles. The lowest BCUT2D eigenvalue weighted by Crippen LogP contribution is -1.99. The van der Waals surface area contributed by atoms with Crippen LogP contribution in [0.15, 0.2) is 46.9 Å². The Labute approximate surface area is 117 Å². The summed E-state index contributed by atoms with van der Waals surface area (Å²) in [4.78, 5) is 8.54. The van der Waals surface area contributed by atoms with Gasteiger partial charge in [0.2, 0.25) is 0 Å². The molecule has 0 unspecified atom stereocenters. The summed E-state index contributed by atoms with van der Waals surface area (Å²) in [5, 5.41) is 0.745. The van der Waals surface area contributed by atoms with E-state index in [0.29, 0.717) is 22.7 Å². The molecule has 5 heteroatoms. The van der Waals surface area contributed by atoms with Gasteiger partial charge in [-0.1, -0.05) is 28.1 Å². The third-order valence-corrected chi connectivity index (χ3v) is 3.30. The lowest BCUT2D eigenvalue weighted by atomic mass is 10.1. The van der Waals surface area contributed by atoms with Gasteiger partial charge in [-0.3, -0.25) is 0 Å². The lowest BCUT2D eigenvalue weighted by molar-refractivity contribution is 0.630. The van der Waals surface area contributed by atoms with Crippen LogP contribution in [0.25, 0.3) is 22.3 Å². The van der Waals surface area contributed by atoms with Gasteiger partial charge in [0.1, 0.15) is 11.6 Å². The van der Waals surface area contributed by atoms with E-state index in [4.69, 9.17) is 5.73 Å². The first-order valence-electron chi connectivity index (χ1n) is 5.63. The summed E-state index contributed by atoms with van der Waals surface area (Å²) in [5.41, 5.74) is 6.95. The van der Waals surface area contributed by atoms with Crippen LogP contribution in [-0.4, -0.2) is 9.97 Å². The summed E-state index contributed by atoms with van der Waals surface area (Å²) in [6.45, 7) is 0. The highest BCUT2D eigenvalue weighted by Crippen LogP contribution is 2.26. The molecule has 0 spiro atoms. The fraction of sp³-hybridized carbons (Fsp3) is 0. The highest BCUT2D eigenvalue weighted by Gasteiger charge is 2.10. The summed E-state index contributed by atoms with van der Waals surface area (Å²) in [6.07, 6.45) is 0. The smallest absolute Gasteiger partial charge is 0.165 e. The van der Waals surface area contributed by atoms with E-state index in [1.54, 1.807) is 18.2 Å². The largest absolute Gasteiger partial charge is 0.383 e. The van der Waals surface area contributed by atoms with Crippen molar-refractivity contribution in [2.24, 2.45) is 0 Å². The highest BCUT2D eigenvalue weighted by atomic mass is 79.9. The number of nitrogens with two attached hydrogens (primary N) is 1. The average Bonchev–Trinajstić information content (AvgIpc) is 2.40. The first-order chi connectivity index (χ1) is 9.15. The van der Waals surface area contributed by atoms with Gasteiger partial charge in [-0.15, -0.1) is 0 Å². The number of benzene rings is 2. The molecular formula is C14H9BrFN3. The standard InChI is InChI=1S/C14H9BrFN3/c15-8-5-6-12-10(7-8)13(17)19-14(18-12)9-3-1-2-4-11(9)16/h1-7H,(H2,17,18,19). The van der Waals surface area contributed by atoms with Crippen LogP contribution >= 0.6 is 15.9 Å². The molecule has 3 rings (SSSR count). The van der Waals surface area contributed by atoms with Gasteiger partial charge in [0.15, 0.2) is 5.82 Å². The minimum absolute atomic E-state index is 0.297. The minimum Gasteiger partial charge on any atom is -0.383 e. The number of halogens is 2. The second-order valence-corrected chi connectivity index (χ2v) is 4.99. The Balaban J connectivity index is 2.27. The van der Waals surface area contributed by atoms with Gasteiger partial charge in [0.25, 0.3) is 0 Å². The van der Waals surface area contributed by atoms with Gasteiger partial charge in [-0.2, -0.15) is 0 Å². The third kappa shape index (κ3) is 2.17. The summed E-state index contributed by atoms with van der Waals surface area (Å²) in [7, 11) is 0. The molecule has 0 saturated heterocycles. The summed E-state index contributed by atoms with van der Waals surface area (Å²) in [6, 6.07) is 11.9. The van der Waals surface area contributed by atoms with E-state index in [1.807, 2.05) is 18.2 Å². The van der Waals surface area contributed by atoms with Crippen LogP contribution in [-0.2, 0) is 0 Å². The molecule has 3 nitrogen and oxygen atoms in total. The number of aromatic nitrogens is 2. The molecule has 2 N–H and O–H groups in total. The first kappa shape index (κ1) is 12.0. The molecule has 0 bridgehead atoms. The SMILES string of the molecule is Nc1nc(-c2ccccc2F)nc2ccc(Br)cc12. The normalized spacial score (nSPS) is 10.8. The zero-order chi connectivity index (χ0) is 13.4. The zero-order valence-corrected chi connectivity index (χ0v) is 11.4. The van der Waals surface area contributed by atoms with Gasteiger partial charge < -0.3 is 5.73 Å². The Morgan fingerprint density at radius 1 is 1.05 bits per heavy atom. The van der Waals surface area contributed by atoms with Crippen molar-refractivity contribution < 1.29 is 4.39 Å². The maximum atomic E-state index is 13.7. The van der Waals surface area contributed by atoms with Crippen LogP contribution in [0.5, 0.6) is 0 Å². The molecule has 0 radical (unpaired) electrons. The maximum Gasteiger partial charge on any atom is 0.165 e. The maximum absolute atomic E-state index is 13.7. The monoisotopic (exact) mass is 317 g/mol. The van der Waals surface area contributed by atoms with Gasteiger partial charge >= 0.3 is 0 Å². The van der Waals surface area contributed by atoms with Crippen molar-refractivity contribution >= 4 is 32.7 Å². The Hall–Kier alpha value is -2.01. The summed E-state index contributed by atoms with van der Waals surface area (Å²) < 4.78 is 14.6. The Morgan fingerprint density at radius 2 is 1.84 bits per heavy atom. The number of anilines is 1. The number of nitrogen functional groups attached to an aromatic ring is 1.